The molecule has 1 unspecified atom stereocenters. The first kappa shape index (κ1) is 10.4. The van der Waals surface area contributed by atoms with Crippen LogP contribution in [0, 0.1) is 5.92 Å². The summed E-state index contributed by atoms with van der Waals surface area (Å²) in [7, 11) is -2.74. The first-order chi connectivity index (χ1) is 6.67. The molecule has 1 aliphatic carbocycles. The Hall–Kier alpha value is -0.0900. The van der Waals surface area contributed by atoms with E-state index in [-0.39, 0.29) is 6.04 Å². The number of rotatable bonds is 1. The summed E-state index contributed by atoms with van der Waals surface area (Å²) in [6.07, 6.45) is 6.32. The lowest BCUT2D eigenvalue weighted by atomic mass is 9.84. The fraction of sp³-hybridized carbons (Fsp3) is 1.00. The molecule has 1 aliphatic heterocycles. The van der Waals surface area contributed by atoms with Crippen molar-refractivity contribution in [1.29, 1.82) is 0 Å². The Bertz CT molecular complexity index is 280. The molecule has 0 aromatic rings. The minimum absolute atomic E-state index is 0.244. The second kappa shape index (κ2) is 4.19. The molecular weight excluding hydrogens is 198 g/mol. The molecule has 1 N–H and O–H groups in total. The van der Waals surface area contributed by atoms with Gasteiger partial charge in [-0.25, -0.2) is 8.42 Å². The van der Waals surface area contributed by atoms with Crippen molar-refractivity contribution >= 4 is 9.84 Å². The third kappa shape index (κ3) is 2.48. The van der Waals surface area contributed by atoms with E-state index < -0.39 is 9.84 Å². The quantitative estimate of drug-likeness (QED) is 0.711. The van der Waals surface area contributed by atoms with Crippen LogP contribution in [0.3, 0.4) is 0 Å². The minimum Gasteiger partial charge on any atom is -0.312 e. The summed E-state index contributed by atoms with van der Waals surface area (Å²) in [5.41, 5.74) is 0. The summed E-state index contributed by atoms with van der Waals surface area (Å²) < 4.78 is 22.9. The number of nitrogens with one attached hydrogen (secondary N) is 1. The van der Waals surface area contributed by atoms with Gasteiger partial charge in [0.2, 0.25) is 0 Å². The molecule has 0 spiro atoms. The Labute approximate surface area is 86.2 Å². The fourth-order valence-corrected chi connectivity index (χ4v) is 4.19. The normalized spacial score (nSPS) is 34.1. The van der Waals surface area contributed by atoms with Gasteiger partial charge in [-0.2, -0.15) is 0 Å². The number of hydrogen-bond donors (Lipinski definition) is 1. The second-order valence-corrected chi connectivity index (χ2v) is 6.80. The molecule has 2 rings (SSSR count). The van der Waals surface area contributed by atoms with Gasteiger partial charge >= 0.3 is 0 Å². The molecule has 14 heavy (non-hydrogen) atoms. The van der Waals surface area contributed by atoms with Crippen LogP contribution in [-0.2, 0) is 9.84 Å². The molecule has 0 amide bonds. The van der Waals surface area contributed by atoms with E-state index >= 15 is 0 Å². The predicted molar refractivity (Wildman–Crippen MR) is 57.0 cm³/mol. The van der Waals surface area contributed by atoms with Crippen molar-refractivity contribution in [3.05, 3.63) is 0 Å². The molecule has 0 aromatic heterocycles. The summed E-state index contributed by atoms with van der Waals surface area (Å²) >= 11 is 0. The van der Waals surface area contributed by atoms with Gasteiger partial charge in [-0.1, -0.05) is 19.3 Å². The topological polar surface area (TPSA) is 46.2 Å². The highest BCUT2D eigenvalue weighted by atomic mass is 32.2. The lowest BCUT2D eigenvalue weighted by Gasteiger charge is -2.33. The van der Waals surface area contributed by atoms with Crippen molar-refractivity contribution in [3.63, 3.8) is 0 Å². The van der Waals surface area contributed by atoms with Crippen LogP contribution >= 0.6 is 0 Å². The van der Waals surface area contributed by atoms with Gasteiger partial charge in [0.1, 0.15) is 0 Å². The standard InChI is InChI=1S/C10H19NO2S/c12-14(13)7-6-11-10(8-14)9-4-2-1-3-5-9/h9-11H,1-8H2. The Kier molecular flexibility index (Phi) is 3.12. The van der Waals surface area contributed by atoms with Crippen LogP contribution in [0.5, 0.6) is 0 Å². The van der Waals surface area contributed by atoms with Gasteiger partial charge in [-0.15, -0.1) is 0 Å². The van der Waals surface area contributed by atoms with Crippen molar-refractivity contribution in [1.82, 2.24) is 5.32 Å². The molecular formula is C10H19NO2S. The molecule has 3 nitrogen and oxygen atoms in total. The second-order valence-electron chi connectivity index (χ2n) is 4.57. The zero-order valence-electron chi connectivity index (χ0n) is 8.54. The highest BCUT2D eigenvalue weighted by Crippen LogP contribution is 2.27. The SMILES string of the molecule is O=S1(=O)CCNC(C2CCCCC2)C1. The van der Waals surface area contributed by atoms with Crippen LogP contribution in [0.1, 0.15) is 32.1 Å². The number of sulfone groups is 1. The van der Waals surface area contributed by atoms with Crippen molar-refractivity contribution in [3.8, 4) is 0 Å². The molecule has 2 aliphatic rings. The molecule has 0 aromatic carbocycles. The molecule has 0 radical (unpaired) electrons. The zero-order chi connectivity index (χ0) is 10.0. The molecule has 1 saturated heterocycles. The van der Waals surface area contributed by atoms with Gasteiger partial charge in [0.05, 0.1) is 11.5 Å². The third-order valence-corrected chi connectivity index (χ3v) is 5.17. The maximum Gasteiger partial charge on any atom is 0.153 e. The van der Waals surface area contributed by atoms with Gasteiger partial charge in [0, 0.05) is 12.6 Å². The van der Waals surface area contributed by atoms with Crippen LogP contribution in [0.2, 0.25) is 0 Å². The lowest BCUT2D eigenvalue weighted by Crippen LogP contribution is -2.49. The summed E-state index contributed by atoms with van der Waals surface area (Å²) in [5, 5.41) is 3.37. The molecule has 2 fully saturated rings. The Morgan fingerprint density at radius 2 is 1.79 bits per heavy atom. The Morgan fingerprint density at radius 1 is 1.07 bits per heavy atom. The molecule has 82 valence electrons. The van der Waals surface area contributed by atoms with Crippen molar-refractivity contribution < 1.29 is 8.42 Å². The smallest absolute Gasteiger partial charge is 0.153 e. The third-order valence-electron chi connectivity index (χ3n) is 3.47. The van der Waals surface area contributed by atoms with Gasteiger partial charge in [-0.3, -0.25) is 0 Å². The van der Waals surface area contributed by atoms with Gasteiger partial charge < -0.3 is 5.32 Å². The van der Waals surface area contributed by atoms with Crippen LogP contribution in [0.15, 0.2) is 0 Å². The van der Waals surface area contributed by atoms with Gasteiger partial charge in [0.15, 0.2) is 9.84 Å². The Balaban J connectivity index is 1.96. The molecule has 4 heteroatoms. The minimum atomic E-state index is -2.74. The first-order valence-electron chi connectivity index (χ1n) is 5.61. The number of hydrogen-bond acceptors (Lipinski definition) is 3. The first-order valence-corrected chi connectivity index (χ1v) is 7.43. The maximum atomic E-state index is 11.5. The van der Waals surface area contributed by atoms with E-state index in [0.717, 1.165) is 0 Å². The van der Waals surface area contributed by atoms with E-state index in [1.54, 1.807) is 0 Å². The predicted octanol–water partition coefficient (Wildman–Crippen LogP) is 0.953. The van der Waals surface area contributed by atoms with E-state index in [1.807, 2.05) is 0 Å². The Morgan fingerprint density at radius 3 is 2.43 bits per heavy atom. The van der Waals surface area contributed by atoms with Crippen LogP contribution in [-0.4, -0.2) is 32.5 Å². The van der Waals surface area contributed by atoms with Crippen LogP contribution < -0.4 is 5.32 Å². The van der Waals surface area contributed by atoms with Gasteiger partial charge in [0.25, 0.3) is 0 Å². The summed E-state index contributed by atoms with van der Waals surface area (Å²) in [4.78, 5) is 0. The van der Waals surface area contributed by atoms with Gasteiger partial charge in [-0.05, 0) is 18.8 Å². The van der Waals surface area contributed by atoms with Crippen LogP contribution in [0.4, 0.5) is 0 Å². The molecule has 1 atom stereocenters. The lowest BCUT2D eigenvalue weighted by molar-refractivity contribution is 0.281. The van der Waals surface area contributed by atoms with E-state index in [9.17, 15) is 8.42 Å². The zero-order valence-corrected chi connectivity index (χ0v) is 9.35. The van der Waals surface area contributed by atoms with Crippen molar-refractivity contribution in [2.45, 2.75) is 38.1 Å². The molecule has 1 heterocycles. The average Bonchev–Trinajstić information content (AvgIpc) is 2.18. The fourth-order valence-electron chi connectivity index (χ4n) is 2.65. The molecule has 1 saturated carbocycles. The van der Waals surface area contributed by atoms with E-state index in [1.165, 1.54) is 32.1 Å². The average molecular weight is 217 g/mol. The summed E-state index contributed by atoms with van der Waals surface area (Å²) in [6.45, 7) is 0.656. The molecule has 0 bridgehead atoms. The summed E-state index contributed by atoms with van der Waals surface area (Å²) in [6, 6.07) is 0.244. The van der Waals surface area contributed by atoms with E-state index in [0.29, 0.717) is 24.0 Å². The van der Waals surface area contributed by atoms with Crippen molar-refractivity contribution in [2.75, 3.05) is 18.1 Å². The largest absolute Gasteiger partial charge is 0.312 e. The highest BCUT2D eigenvalue weighted by molar-refractivity contribution is 7.91. The maximum absolute atomic E-state index is 11.5. The highest BCUT2D eigenvalue weighted by Gasteiger charge is 2.30. The monoisotopic (exact) mass is 217 g/mol. The van der Waals surface area contributed by atoms with Crippen LogP contribution in [0.25, 0.3) is 0 Å². The summed E-state index contributed by atoms with van der Waals surface area (Å²) in [5.74, 6) is 1.31. The van der Waals surface area contributed by atoms with E-state index in [4.69, 9.17) is 0 Å². The van der Waals surface area contributed by atoms with E-state index in [2.05, 4.69) is 5.32 Å². The van der Waals surface area contributed by atoms with Crippen molar-refractivity contribution in [2.24, 2.45) is 5.92 Å².